The van der Waals surface area contributed by atoms with Crippen LogP contribution in [-0.2, 0) is 0 Å². The van der Waals surface area contributed by atoms with Gasteiger partial charge in [0.25, 0.3) is 5.91 Å². The molecule has 1 amide bonds. The Labute approximate surface area is 116 Å². The van der Waals surface area contributed by atoms with Gasteiger partial charge in [0.2, 0.25) is 0 Å². The molecule has 1 aromatic carbocycles. The first-order valence-electron chi connectivity index (χ1n) is 5.67. The highest BCUT2D eigenvalue weighted by Crippen LogP contribution is 2.31. The molecule has 1 fully saturated rings. The molecule has 92 valence electrons. The number of rotatable bonds is 1. The van der Waals surface area contributed by atoms with Crippen LogP contribution in [0, 0.1) is 5.41 Å². The fourth-order valence-corrected chi connectivity index (χ4v) is 2.75. The largest absolute Gasteiger partial charge is 0.338 e. The summed E-state index contributed by atoms with van der Waals surface area (Å²) < 4.78 is 0.838. The van der Waals surface area contributed by atoms with Crippen molar-refractivity contribution in [1.82, 2.24) is 4.90 Å². The first-order chi connectivity index (χ1) is 7.89. The van der Waals surface area contributed by atoms with Gasteiger partial charge in [-0.2, -0.15) is 0 Å². The lowest BCUT2D eigenvalue weighted by molar-refractivity contribution is 0.0777. The van der Waals surface area contributed by atoms with Gasteiger partial charge in [-0.1, -0.05) is 13.8 Å². The van der Waals surface area contributed by atoms with E-state index in [1.54, 1.807) is 0 Å². The van der Waals surface area contributed by atoms with Crippen LogP contribution in [0.25, 0.3) is 0 Å². The quantitative estimate of drug-likeness (QED) is 0.785. The van der Waals surface area contributed by atoms with Gasteiger partial charge in [0, 0.05) is 22.5 Å². The van der Waals surface area contributed by atoms with Gasteiger partial charge in [-0.15, -0.1) is 12.6 Å². The molecule has 1 aromatic rings. The van der Waals surface area contributed by atoms with Crippen LogP contribution in [0.2, 0.25) is 0 Å². The summed E-state index contributed by atoms with van der Waals surface area (Å²) >= 11 is 7.71. The molecule has 2 rings (SSSR count). The summed E-state index contributed by atoms with van der Waals surface area (Å²) in [5, 5.41) is 0. The van der Waals surface area contributed by atoms with Crippen molar-refractivity contribution in [1.29, 1.82) is 0 Å². The zero-order chi connectivity index (χ0) is 12.6. The second kappa shape index (κ2) is 4.65. The topological polar surface area (TPSA) is 20.3 Å². The molecule has 4 heteroatoms. The Balaban J connectivity index is 2.23. The summed E-state index contributed by atoms with van der Waals surface area (Å²) in [5.41, 5.74) is 0.941. The number of carbonyl (C=O) groups is 1. The zero-order valence-electron chi connectivity index (χ0n) is 10.0. The third-order valence-electron chi connectivity index (χ3n) is 3.14. The number of nitrogens with zero attached hydrogens (tertiary/aromatic N) is 1. The Hall–Kier alpha value is -0.480. The maximum absolute atomic E-state index is 12.4. The SMILES string of the molecule is CC1(C)CCN(C(=O)c2cc(S)ccc2Br)C1. The van der Waals surface area contributed by atoms with E-state index < -0.39 is 0 Å². The molecule has 0 bridgehead atoms. The maximum atomic E-state index is 12.4. The Bertz CT molecular complexity index is 459. The molecule has 0 aliphatic carbocycles. The van der Waals surface area contributed by atoms with Crippen LogP contribution < -0.4 is 0 Å². The summed E-state index contributed by atoms with van der Waals surface area (Å²) in [5.74, 6) is 0.0957. The highest BCUT2D eigenvalue weighted by Gasteiger charge is 2.32. The normalized spacial score (nSPS) is 18.5. The molecule has 0 saturated carbocycles. The minimum absolute atomic E-state index is 0.0957. The summed E-state index contributed by atoms with van der Waals surface area (Å²) in [6.07, 6.45) is 1.07. The van der Waals surface area contributed by atoms with E-state index in [4.69, 9.17) is 0 Å². The van der Waals surface area contributed by atoms with Gasteiger partial charge in [0.15, 0.2) is 0 Å². The van der Waals surface area contributed by atoms with Crippen LogP contribution in [0.1, 0.15) is 30.6 Å². The highest BCUT2D eigenvalue weighted by molar-refractivity contribution is 9.10. The number of benzene rings is 1. The Morgan fingerprint density at radius 3 is 2.76 bits per heavy atom. The first-order valence-corrected chi connectivity index (χ1v) is 6.91. The third-order valence-corrected chi connectivity index (χ3v) is 4.11. The van der Waals surface area contributed by atoms with Gasteiger partial charge in [0.05, 0.1) is 5.56 Å². The van der Waals surface area contributed by atoms with Crippen molar-refractivity contribution >= 4 is 34.5 Å². The van der Waals surface area contributed by atoms with Gasteiger partial charge in [-0.25, -0.2) is 0 Å². The fraction of sp³-hybridized carbons (Fsp3) is 0.462. The van der Waals surface area contributed by atoms with E-state index in [-0.39, 0.29) is 11.3 Å². The van der Waals surface area contributed by atoms with E-state index in [9.17, 15) is 4.79 Å². The predicted octanol–water partition coefficient (Wildman–Crippen LogP) is 3.61. The smallest absolute Gasteiger partial charge is 0.255 e. The number of likely N-dealkylation sites (tertiary alicyclic amines) is 1. The zero-order valence-corrected chi connectivity index (χ0v) is 12.5. The highest BCUT2D eigenvalue weighted by atomic mass is 79.9. The molecule has 17 heavy (non-hydrogen) atoms. The van der Waals surface area contributed by atoms with E-state index in [1.165, 1.54) is 0 Å². The summed E-state index contributed by atoms with van der Waals surface area (Å²) in [7, 11) is 0. The molecule has 1 aliphatic rings. The lowest BCUT2D eigenvalue weighted by atomic mass is 9.93. The first kappa shape index (κ1) is 13.0. The second-order valence-corrected chi connectivity index (χ2v) is 6.68. The van der Waals surface area contributed by atoms with E-state index >= 15 is 0 Å². The number of halogens is 1. The van der Waals surface area contributed by atoms with Gasteiger partial charge >= 0.3 is 0 Å². The minimum atomic E-state index is 0.0957. The molecule has 0 atom stereocenters. The minimum Gasteiger partial charge on any atom is -0.338 e. The van der Waals surface area contributed by atoms with Crippen molar-refractivity contribution in [2.45, 2.75) is 25.2 Å². The molecule has 0 N–H and O–H groups in total. The Morgan fingerprint density at radius 1 is 1.47 bits per heavy atom. The molecule has 1 aliphatic heterocycles. The van der Waals surface area contributed by atoms with Gasteiger partial charge in [0.1, 0.15) is 0 Å². The van der Waals surface area contributed by atoms with Gasteiger partial charge < -0.3 is 4.90 Å². The third kappa shape index (κ3) is 2.86. The monoisotopic (exact) mass is 313 g/mol. The molecular weight excluding hydrogens is 298 g/mol. The van der Waals surface area contributed by atoms with Crippen LogP contribution in [0.5, 0.6) is 0 Å². The number of carbonyl (C=O) groups excluding carboxylic acids is 1. The van der Waals surface area contributed by atoms with Gasteiger partial charge in [-0.05, 0) is 46.0 Å². The Morgan fingerprint density at radius 2 is 2.18 bits per heavy atom. The van der Waals surface area contributed by atoms with Gasteiger partial charge in [-0.3, -0.25) is 4.79 Å². The van der Waals surface area contributed by atoms with Crippen molar-refractivity contribution in [3.8, 4) is 0 Å². The molecule has 0 aromatic heterocycles. The molecule has 1 heterocycles. The number of amides is 1. The molecule has 0 spiro atoms. The standard InChI is InChI=1S/C13H16BrNOS/c1-13(2)5-6-15(8-13)12(16)10-7-9(17)3-4-11(10)14/h3-4,7,17H,5-6,8H2,1-2H3. The lowest BCUT2D eigenvalue weighted by Gasteiger charge is -2.20. The van der Waals surface area contributed by atoms with Crippen LogP contribution in [-0.4, -0.2) is 23.9 Å². The fourth-order valence-electron chi connectivity index (χ4n) is 2.13. The van der Waals surface area contributed by atoms with E-state index in [2.05, 4.69) is 42.4 Å². The summed E-state index contributed by atoms with van der Waals surface area (Å²) in [4.78, 5) is 15.1. The molecular formula is C13H16BrNOS. The Kier molecular flexibility index (Phi) is 3.55. The average molecular weight is 314 g/mol. The number of hydrogen-bond acceptors (Lipinski definition) is 2. The molecule has 0 unspecified atom stereocenters. The van der Waals surface area contributed by atoms with Crippen LogP contribution in [0.3, 0.4) is 0 Å². The van der Waals surface area contributed by atoms with E-state index in [0.717, 1.165) is 28.9 Å². The van der Waals surface area contributed by atoms with Crippen molar-refractivity contribution in [2.24, 2.45) is 5.41 Å². The number of hydrogen-bond donors (Lipinski definition) is 1. The van der Waals surface area contributed by atoms with Crippen molar-refractivity contribution < 1.29 is 4.79 Å². The summed E-state index contributed by atoms with van der Waals surface area (Å²) in [6.45, 7) is 6.07. The molecule has 0 radical (unpaired) electrons. The average Bonchev–Trinajstić information content (AvgIpc) is 2.61. The maximum Gasteiger partial charge on any atom is 0.255 e. The van der Waals surface area contributed by atoms with E-state index in [0.29, 0.717) is 5.56 Å². The molecule has 1 saturated heterocycles. The second-order valence-electron chi connectivity index (χ2n) is 5.31. The number of thiol groups is 1. The van der Waals surface area contributed by atoms with Crippen molar-refractivity contribution in [3.63, 3.8) is 0 Å². The molecule has 2 nitrogen and oxygen atoms in total. The summed E-state index contributed by atoms with van der Waals surface area (Å²) in [6, 6.07) is 5.57. The lowest BCUT2D eigenvalue weighted by Crippen LogP contribution is -2.30. The van der Waals surface area contributed by atoms with Crippen LogP contribution >= 0.6 is 28.6 Å². The van der Waals surface area contributed by atoms with Crippen LogP contribution in [0.15, 0.2) is 27.6 Å². The van der Waals surface area contributed by atoms with Crippen molar-refractivity contribution in [3.05, 3.63) is 28.2 Å². The van der Waals surface area contributed by atoms with E-state index in [1.807, 2.05) is 23.1 Å². The van der Waals surface area contributed by atoms with Crippen LogP contribution in [0.4, 0.5) is 0 Å². The van der Waals surface area contributed by atoms with Crippen molar-refractivity contribution in [2.75, 3.05) is 13.1 Å². The predicted molar refractivity (Wildman–Crippen MR) is 75.7 cm³/mol.